The first-order chi connectivity index (χ1) is 12.1. The van der Waals surface area contributed by atoms with Crippen molar-refractivity contribution in [1.82, 2.24) is 0 Å². The zero-order chi connectivity index (χ0) is 17.6. The Morgan fingerprint density at radius 1 is 1.24 bits per heavy atom. The largest absolute Gasteiger partial charge is 0.487 e. The van der Waals surface area contributed by atoms with Crippen LogP contribution in [0.5, 0.6) is 17.2 Å². The van der Waals surface area contributed by atoms with Gasteiger partial charge in [-0.2, -0.15) is 0 Å². The molecule has 0 aromatic heterocycles. The summed E-state index contributed by atoms with van der Waals surface area (Å²) in [4.78, 5) is 11.7. The van der Waals surface area contributed by atoms with Crippen LogP contribution in [0.1, 0.15) is 5.56 Å². The number of esters is 1. The van der Waals surface area contributed by atoms with Crippen LogP contribution in [0.3, 0.4) is 0 Å². The highest BCUT2D eigenvalue weighted by Gasteiger charge is 2.17. The summed E-state index contributed by atoms with van der Waals surface area (Å²) in [6, 6.07) is 9.37. The van der Waals surface area contributed by atoms with Crippen LogP contribution >= 0.6 is 11.6 Å². The predicted molar refractivity (Wildman–Crippen MR) is 89.5 cm³/mol. The van der Waals surface area contributed by atoms with Gasteiger partial charge in [0, 0.05) is 6.08 Å². The molecule has 5 nitrogen and oxygen atoms in total. The van der Waals surface area contributed by atoms with Gasteiger partial charge in [-0.3, -0.25) is 0 Å². The molecule has 2 aromatic carbocycles. The van der Waals surface area contributed by atoms with Gasteiger partial charge in [0.15, 0.2) is 23.1 Å². The smallest absolute Gasteiger partial charge is 0.330 e. The molecular formula is C18H14ClFO5. The van der Waals surface area contributed by atoms with Crippen LogP contribution in [0.2, 0.25) is 5.02 Å². The van der Waals surface area contributed by atoms with E-state index < -0.39 is 11.8 Å². The lowest BCUT2D eigenvalue weighted by molar-refractivity contribution is -0.138. The van der Waals surface area contributed by atoms with Gasteiger partial charge in [-0.25, -0.2) is 9.18 Å². The van der Waals surface area contributed by atoms with Crippen LogP contribution in [-0.2, 0) is 9.53 Å². The van der Waals surface area contributed by atoms with Crippen molar-refractivity contribution in [3.8, 4) is 17.2 Å². The third kappa shape index (κ3) is 4.42. The van der Waals surface area contributed by atoms with E-state index in [2.05, 4.69) is 0 Å². The van der Waals surface area contributed by atoms with E-state index in [4.69, 9.17) is 30.5 Å². The lowest BCUT2D eigenvalue weighted by atomic mass is 10.2. The van der Waals surface area contributed by atoms with Crippen LogP contribution in [-0.4, -0.2) is 26.0 Å². The first-order valence-corrected chi connectivity index (χ1v) is 7.82. The molecule has 2 aromatic rings. The van der Waals surface area contributed by atoms with Crippen molar-refractivity contribution >= 4 is 23.6 Å². The average Bonchev–Trinajstić information content (AvgIpc) is 3.07. The molecule has 130 valence electrons. The zero-order valence-corrected chi connectivity index (χ0v) is 13.8. The summed E-state index contributed by atoms with van der Waals surface area (Å²) < 4.78 is 34.0. The number of benzene rings is 2. The molecule has 7 heteroatoms. The monoisotopic (exact) mass is 364 g/mol. The SMILES string of the molecule is O=C(/C=C/c1cc(Cl)c2c(c1)OCO2)OCCOc1ccccc1F. The van der Waals surface area contributed by atoms with Gasteiger partial charge in [-0.1, -0.05) is 23.7 Å². The van der Waals surface area contributed by atoms with Crippen LogP contribution < -0.4 is 14.2 Å². The number of fused-ring (bicyclic) bond motifs is 1. The number of hydrogen-bond donors (Lipinski definition) is 0. The van der Waals surface area contributed by atoms with E-state index in [-0.39, 0.29) is 25.8 Å². The summed E-state index contributed by atoms with van der Waals surface area (Å²) in [7, 11) is 0. The highest BCUT2D eigenvalue weighted by atomic mass is 35.5. The Kier molecular flexibility index (Phi) is 5.40. The molecule has 0 unspecified atom stereocenters. The molecule has 0 aliphatic carbocycles. The van der Waals surface area contributed by atoms with Gasteiger partial charge >= 0.3 is 5.97 Å². The molecule has 1 aliphatic rings. The molecular weight excluding hydrogens is 351 g/mol. The van der Waals surface area contributed by atoms with Crippen molar-refractivity contribution in [2.75, 3.05) is 20.0 Å². The lowest BCUT2D eigenvalue weighted by Crippen LogP contribution is -2.10. The molecule has 3 rings (SSSR count). The average molecular weight is 365 g/mol. The second-order valence-corrected chi connectivity index (χ2v) is 5.42. The minimum atomic E-state index is -0.550. The normalized spacial score (nSPS) is 12.4. The van der Waals surface area contributed by atoms with Gasteiger partial charge in [0.05, 0.1) is 5.02 Å². The number of para-hydroxylation sites is 1. The lowest BCUT2D eigenvalue weighted by Gasteiger charge is -2.06. The maximum Gasteiger partial charge on any atom is 0.330 e. The van der Waals surface area contributed by atoms with Crippen LogP contribution in [0, 0.1) is 5.82 Å². The first kappa shape index (κ1) is 17.1. The number of carbonyl (C=O) groups is 1. The minimum Gasteiger partial charge on any atom is -0.487 e. The molecule has 0 radical (unpaired) electrons. The van der Waals surface area contributed by atoms with Crippen molar-refractivity contribution < 1.29 is 28.1 Å². The van der Waals surface area contributed by atoms with Crippen molar-refractivity contribution in [1.29, 1.82) is 0 Å². The fraction of sp³-hybridized carbons (Fsp3) is 0.167. The molecule has 0 saturated carbocycles. The summed E-state index contributed by atoms with van der Waals surface area (Å²) in [5.41, 5.74) is 0.675. The van der Waals surface area contributed by atoms with E-state index in [0.717, 1.165) is 0 Å². The van der Waals surface area contributed by atoms with E-state index in [1.165, 1.54) is 18.2 Å². The van der Waals surface area contributed by atoms with Crippen molar-refractivity contribution in [3.63, 3.8) is 0 Å². The predicted octanol–water partition coefficient (Wildman–Crippen LogP) is 3.84. The first-order valence-electron chi connectivity index (χ1n) is 7.45. The summed E-state index contributed by atoms with van der Waals surface area (Å²) in [6.45, 7) is 0.169. The summed E-state index contributed by atoms with van der Waals surface area (Å²) in [6.07, 6.45) is 2.81. The molecule has 1 heterocycles. The Bertz CT molecular complexity index is 806. The van der Waals surface area contributed by atoms with Gasteiger partial charge in [0.25, 0.3) is 0 Å². The topological polar surface area (TPSA) is 54.0 Å². The third-order valence-corrected chi connectivity index (χ3v) is 3.56. The second-order valence-electron chi connectivity index (χ2n) is 5.02. The molecule has 0 bridgehead atoms. The van der Waals surface area contributed by atoms with Crippen LogP contribution in [0.25, 0.3) is 6.08 Å². The summed E-state index contributed by atoms with van der Waals surface area (Å²) >= 11 is 6.06. The Hall–Kier alpha value is -2.73. The maximum absolute atomic E-state index is 13.3. The maximum atomic E-state index is 13.3. The molecule has 1 aliphatic heterocycles. The van der Waals surface area contributed by atoms with Gasteiger partial charge in [0.1, 0.15) is 13.2 Å². The van der Waals surface area contributed by atoms with Crippen molar-refractivity contribution in [2.24, 2.45) is 0 Å². The standard InChI is InChI=1S/C18H14ClFO5/c19-13-9-12(10-16-18(13)25-11-24-16)5-6-17(21)23-8-7-22-15-4-2-1-3-14(15)20/h1-6,9-10H,7-8,11H2/b6-5+. The van der Waals surface area contributed by atoms with E-state index in [1.54, 1.807) is 30.3 Å². The Morgan fingerprint density at radius 2 is 2.08 bits per heavy atom. The van der Waals surface area contributed by atoms with Gasteiger partial charge in [-0.15, -0.1) is 0 Å². The Morgan fingerprint density at radius 3 is 2.92 bits per heavy atom. The molecule has 0 N–H and O–H groups in total. The highest BCUT2D eigenvalue weighted by molar-refractivity contribution is 6.32. The van der Waals surface area contributed by atoms with E-state index in [9.17, 15) is 9.18 Å². The number of hydrogen-bond acceptors (Lipinski definition) is 5. The third-order valence-electron chi connectivity index (χ3n) is 3.28. The van der Waals surface area contributed by atoms with Crippen LogP contribution in [0.4, 0.5) is 4.39 Å². The molecule has 0 spiro atoms. The number of ether oxygens (including phenoxy) is 4. The van der Waals surface area contributed by atoms with Crippen molar-refractivity contribution in [3.05, 3.63) is 58.9 Å². The van der Waals surface area contributed by atoms with Gasteiger partial charge < -0.3 is 18.9 Å². The molecule has 0 fully saturated rings. The van der Waals surface area contributed by atoms with E-state index in [0.29, 0.717) is 22.1 Å². The number of carbonyl (C=O) groups excluding carboxylic acids is 1. The fourth-order valence-electron chi connectivity index (χ4n) is 2.15. The summed E-state index contributed by atoms with van der Waals surface area (Å²) in [5, 5.41) is 0.404. The molecule has 0 amide bonds. The quantitative estimate of drug-likeness (QED) is 0.443. The number of halogens is 2. The Labute approximate surface area is 148 Å². The fourth-order valence-corrected chi connectivity index (χ4v) is 2.43. The summed E-state index contributed by atoms with van der Waals surface area (Å²) in [5.74, 6) is 0.119. The van der Waals surface area contributed by atoms with E-state index in [1.807, 2.05) is 0 Å². The molecule has 0 saturated heterocycles. The van der Waals surface area contributed by atoms with Gasteiger partial charge in [0.2, 0.25) is 6.79 Å². The molecule has 0 atom stereocenters. The second kappa shape index (κ2) is 7.90. The van der Waals surface area contributed by atoms with Gasteiger partial charge in [-0.05, 0) is 35.9 Å². The van der Waals surface area contributed by atoms with Crippen molar-refractivity contribution in [2.45, 2.75) is 0 Å². The molecule has 25 heavy (non-hydrogen) atoms. The van der Waals surface area contributed by atoms with E-state index >= 15 is 0 Å². The highest BCUT2D eigenvalue weighted by Crippen LogP contribution is 2.40. The van der Waals surface area contributed by atoms with Crippen LogP contribution in [0.15, 0.2) is 42.5 Å². The Balaban J connectivity index is 1.47. The zero-order valence-electron chi connectivity index (χ0n) is 13.0. The minimum absolute atomic E-state index is 0.000593. The number of rotatable bonds is 6.